The van der Waals surface area contributed by atoms with Crippen LogP contribution >= 0.6 is 24.8 Å². The molecule has 2 aromatic carbocycles. The summed E-state index contributed by atoms with van der Waals surface area (Å²) in [5, 5.41) is 0. The number of ether oxygens (including phenoxy) is 1. The molecule has 2 heterocycles. The fraction of sp³-hybridized carbons (Fsp3) is 0.483. The number of alkyl halides is 6. The van der Waals surface area contributed by atoms with Gasteiger partial charge in [-0.1, -0.05) is 24.3 Å². The van der Waals surface area contributed by atoms with E-state index in [0.717, 1.165) is 19.6 Å². The molecule has 4 rings (SSSR count). The smallest absolute Gasteiger partial charge is 0.379 e. The zero-order chi connectivity index (χ0) is 29.8. The molecular weight excluding hydrogens is 626 g/mol. The van der Waals surface area contributed by atoms with Crippen LogP contribution in [0.4, 0.5) is 30.7 Å². The lowest BCUT2D eigenvalue weighted by molar-refractivity contribution is -0.143. The van der Waals surface area contributed by atoms with Crippen LogP contribution in [0.1, 0.15) is 32.6 Å². The monoisotopic (exact) mass is 659 g/mol. The quantitative estimate of drug-likeness (QED) is 0.259. The first-order chi connectivity index (χ1) is 19.3. The van der Waals surface area contributed by atoms with Crippen molar-refractivity contribution < 1.29 is 40.3 Å². The number of carbonyl (C=O) groups is 1. The minimum absolute atomic E-state index is 0. The van der Waals surface area contributed by atoms with Gasteiger partial charge in [-0.2, -0.15) is 26.3 Å². The maximum atomic E-state index is 14.3. The third-order valence-corrected chi connectivity index (χ3v) is 7.37. The first kappa shape index (κ1) is 36.8. The number of nitrogens with zero attached hydrogens (tertiary/aromatic N) is 3. The maximum absolute atomic E-state index is 14.3. The Balaban J connectivity index is 0.00000323. The summed E-state index contributed by atoms with van der Waals surface area (Å²) >= 11 is 0. The molecule has 0 aliphatic carbocycles. The van der Waals surface area contributed by atoms with Gasteiger partial charge in [-0.05, 0) is 48.7 Å². The molecule has 0 aromatic heterocycles. The molecule has 2 aliphatic heterocycles. The number of amides is 1. The molecule has 2 saturated heterocycles. The number of rotatable bonds is 7. The second kappa shape index (κ2) is 15.6. The van der Waals surface area contributed by atoms with Gasteiger partial charge < -0.3 is 9.64 Å². The molecule has 2 aromatic rings. The molecule has 0 saturated carbocycles. The zero-order valence-corrected chi connectivity index (χ0v) is 25.0. The minimum Gasteiger partial charge on any atom is -0.379 e. The van der Waals surface area contributed by atoms with Crippen LogP contribution in [0.3, 0.4) is 0 Å². The fourth-order valence-corrected chi connectivity index (χ4v) is 5.04. The summed E-state index contributed by atoms with van der Waals surface area (Å²) in [5.74, 6) is -1.37. The van der Waals surface area contributed by atoms with E-state index >= 15 is 0 Å². The Labute approximate surface area is 258 Å². The van der Waals surface area contributed by atoms with Crippen molar-refractivity contribution in [2.45, 2.75) is 31.7 Å². The summed E-state index contributed by atoms with van der Waals surface area (Å²) in [5.41, 5.74) is -2.78. The normalized spacial score (nSPS) is 18.8. The number of carbonyl (C=O) groups excluding carboxylic acids is 1. The van der Waals surface area contributed by atoms with Gasteiger partial charge in [0.05, 0.1) is 24.3 Å². The summed E-state index contributed by atoms with van der Waals surface area (Å²) in [6, 6.07) is 4.95. The zero-order valence-electron chi connectivity index (χ0n) is 23.4. The molecule has 1 atom stereocenters. The van der Waals surface area contributed by atoms with Crippen LogP contribution in [-0.4, -0.2) is 85.7 Å². The Bertz CT molecular complexity index is 1220. The lowest BCUT2D eigenvalue weighted by Crippen LogP contribution is -2.56. The first-order valence-electron chi connectivity index (χ1n) is 13.3. The first-order valence-corrected chi connectivity index (χ1v) is 13.3. The van der Waals surface area contributed by atoms with Crippen molar-refractivity contribution >= 4 is 30.7 Å². The average Bonchev–Trinajstić information content (AvgIpc) is 2.92. The predicted octanol–water partition coefficient (Wildman–Crippen LogP) is 6.27. The summed E-state index contributed by atoms with van der Waals surface area (Å²) in [4.78, 5) is 19.1. The second-order valence-electron chi connectivity index (χ2n) is 10.4. The molecule has 0 N–H and O–H groups in total. The molecule has 14 heteroatoms. The number of morpholine rings is 1. The van der Waals surface area contributed by atoms with Gasteiger partial charge >= 0.3 is 12.4 Å². The maximum Gasteiger partial charge on any atom is 0.416 e. The number of piperazine rings is 1. The van der Waals surface area contributed by atoms with Gasteiger partial charge in [0.1, 0.15) is 5.82 Å². The van der Waals surface area contributed by atoms with E-state index in [2.05, 4.69) is 9.80 Å². The van der Waals surface area contributed by atoms with Crippen LogP contribution in [0.25, 0.3) is 0 Å². The van der Waals surface area contributed by atoms with Gasteiger partial charge in [-0.15, -0.1) is 24.8 Å². The van der Waals surface area contributed by atoms with Gasteiger partial charge in [0.25, 0.3) is 5.91 Å². The molecule has 0 bridgehead atoms. The fourth-order valence-electron chi connectivity index (χ4n) is 5.04. The van der Waals surface area contributed by atoms with Crippen LogP contribution in [0.2, 0.25) is 0 Å². The van der Waals surface area contributed by atoms with Crippen molar-refractivity contribution in [3.8, 4) is 0 Å². The third-order valence-electron chi connectivity index (χ3n) is 7.37. The number of benzene rings is 2. The van der Waals surface area contributed by atoms with Crippen molar-refractivity contribution in [1.82, 2.24) is 14.7 Å². The highest BCUT2D eigenvalue weighted by atomic mass is 35.5. The Kier molecular flexibility index (Phi) is 13.3. The lowest BCUT2D eigenvalue weighted by Gasteiger charge is -2.41. The topological polar surface area (TPSA) is 36.0 Å². The molecule has 43 heavy (non-hydrogen) atoms. The highest BCUT2D eigenvalue weighted by Crippen LogP contribution is 2.37. The molecule has 2 fully saturated rings. The number of hydrogen-bond acceptors (Lipinski definition) is 4. The van der Waals surface area contributed by atoms with Gasteiger partial charge in [-0.25, -0.2) is 4.39 Å². The van der Waals surface area contributed by atoms with Gasteiger partial charge in [0, 0.05) is 57.4 Å². The van der Waals surface area contributed by atoms with E-state index in [0.29, 0.717) is 56.1 Å². The third kappa shape index (κ3) is 10.1. The summed E-state index contributed by atoms with van der Waals surface area (Å²) in [6.45, 7) is 6.73. The minimum atomic E-state index is -5.07. The van der Waals surface area contributed by atoms with E-state index in [9.17, 15) is 35.5 Å². The largest absolute Gasteiger partial charge is 0.416 e. The van der Waals surface area contributed by atoms with E-state index in [1.165, 1.54) is 11.0 Å². The summed E-state index contributed by atoms with van der Waals surface area (Å²) in [7, 11) is 0. The van der Waals surface area contributed by atoms with Crippen molar-refractivity contribution in [2.24, 2.45) is 0 Å². The van der Waals surface area contributed by atoms with E-state index in [-0.39, 0.29) is 43.8 Å². The SMILES string of the molecule is Cc1ccc(C[C@@H]2CN(CC=CCN3CCOCC3)CCN2C(=O)c2cc(C(F)(F)F)cc(C(F)(F)F)c2)cc1F.Cl.Cl. The number of hydrogen-bond donors (Lipinski definition) is 0. The number of halogens is 9. The Morgan fingerprint density at radius 2 is 1.44 bits per heavy atom. The average molecular weight is 661 g/mol. The van der Waals surface area contributed by atoms with E-state index in [1.54, 1.807) is 19.1 Å². The van der Waals surface area contributed by atoms with Gasteiger partial charge in [0.15, 0.2) is 0 Å². The van der Waals surface area contributed by atoms with Crippen molar-refractivity contribution in [1.29, 1.82) is 0 Å². The molecule has 2 aliphatic rings. The molecular formula is C29H34Cl2F7N3O2. The molecule has 240 valence electrons. The van der Waals surface area contributed by atoms with Crippen LogP contribution in [0.5, 0.6) is 0 Å². The van der Waals surface area contributed by atoms with E-state index in [4.69, 9.17) is 4.74 Å². The number of aryl methyl sites for hydroxylation is 1. The highest BCUT2D eigenvalue weighted by Gasteiger charge is 2.39. The van der Waals surface area contributed by atoms with Crippen LogP contribution in [0, 0.1) is 12.7 Å². The second-order valence-corrected chi connectivity index (χ2v) is 10.4. The highest BCUT2D eigenvalue weighted by molar-refractivity contribution is 5.95. The molecule has 0 spiro atoms. The van der Waals surface area contributed by atoms with Crippen LogP contribution in [-0.2, 0) is 23.5 Å². The van der Waals surface area contributed by atoms with Gasteiger partial charge in [-0.3, -0.25) is 14.6 Å². The Morgan fingerprint density at radius 1 is 0.860 bits per heavy atom. The van der Waals surface area contributed by atoms with Gasteiger partial charge in [0.2, 0.25) is 0 Å². The standard InChI is InChI=1S/C29H32F7N3O2.2ClH/c1-20-4-5-21(15-26(20)30)14-25-19-38(7-3-2-6-37-10-12-41-13-11-37)8-9-39(25)27(40)22-16-23(28(31,32)33)18-24(17-22)29(34,35)36;;/h2-5,15-18,25H,6-14,19H2,1H3;2*1H/t25-;;/m1../s1. The summed E-state index contributed by atoms with van der Waals surface area (Å²) in [6.07, 6.45) is -5.92. The molecule has 1 amide bonds. The van der Waals surface area contributed by atoms with Crippen molar-refractivity contribution in [2.75, 3.05) is 59.0 Å². The predicted molar refractivity (Wildman–Crippen MR) is 153 cm³/mol. The van der Waals surface area contributed by atoms with Crippen molar-refractivity contribution in [3.63, 3.8) is 0 Å². The van der Waals surface area contributed by atoms with Crippen molar-refractivity contribution in [3.05, 3.63) is 82.2 Å². The molecule has 0 radical (unpaired) electrons. The molecule has 0 unspecified atom stereocenters. The lowest BCUT2D eigenvalue weighted by atomic mass is 9.98. The van der Waals surface area contributed by atoms with Crippen LogP contribution in [0.15, 0.2) is 48.6 Å². The van der Waals surface area contributed by atoms with E-state index in [1.807, 2.05) is 12.2 Å². The Morgan fingerprint density at radius 3 is 2.00 bits per heavy atom. The van der Waals surface area contributed by atoms with Crippen LogP contribution < -0.4 is 0 Å². The summed E-state index contributed by atoms with van der Waals surface area (Å²) < 4.78 is 100. The van der Waals surface area contributed by atoms with E-state index < -0.39 is 46.8 Å². The molecule has 5 nitrogen and oxygen atoms in total. The Hall–Kier alpha value is -2.38.